The largest absolute Gasteiger partial charge is 0.0917 e. The first-order valence-corrected chi connectivity index (χ1v) is 10.9. The zero-order chi connectivity index (χ0) is 15.1. The van der Waals surface area contributed by atoms with Crippen LogP contribution in [0, 0.1) is 0 Å². The van der Waals surface area contributed by atoms with Gasteiger partial charge in [0, 0.05) is 0 Å². The van der Waals surface area contributed by atoms with Gasteiger partial charge in [0.15, 0.2) is 0 Å². The van der Waals surface area contributed by atoms with Crippen molar-refractivity contribution in [2.75, 3.05) is 0 Å². The Morgan fingerprint density at radius 1 is 0.905 bits per heavy atom. The van der Waals surface area contributed by atoms with E-state index in [4.69, 9.17) is 0 Å². The summed E-state index contributed by atoms with van der Waals surface area (Å²) in [6.07, 6.45) is 7.07. The second-order valence-electron chi connectivity index (χ2n) is 6.24. The summed E-state index contributed by atoms with van der Waals surface area (Å²) in [5.41, 5.74) is 2.13. The predicted octanol–water partition coefficient (Wildman–Crippen LogP) is 5.18. The van der Waals surface area contributed by atoms with E-state index in [-0.39, 0.29) is 0 Å². The van der Waals surface area contributed by atoms with E-state index in [1.807, 2.05) is 0 Å². The molecule has 0 heterocycles. The zero-order valence-corrected chi connectivity index (χ0v) is 14.4. The van der Waals surface area contributed by atoms with Crippen molar-refractivity contribution >= 4 is 13.3 Å². The molecule has 110 valence electrons. The molecule has 21 heavy (non-hydrogen) atoms. The average molecular weight is 295 g/mol. The molecule has 0 spiro atoms. The second-order valence-corrected chi connectivity index (χ2v) is 11.0. The van der Waals surface area contributed by atoms with Crippen molar-refractivity contribution in [3.63, 3.8) is 0 Å². The average Bonchev–Trinajstić information content (AvgIpc) is 2.53. The second kappa shape index (κ2) is 7.42. The lowest BCUT2D eigenvalue weighted by atomic mass is 10.1. The van der Waals surface area contributed by atoms with Gasteiger partial charge < -0.3 is 0 Å². The van der Waals surface area contributed by atoms with Gasteiger partial charge >= 0.3 is 0 Å². The van der Waals surface area contributed by atoms with Gasteiger partial charge in [-0.05, 0) is 30.9 Å². The summed E-state index contributed by atoms with van der Waals surface area (Å²) in [5.74, 6) is 0. The van der Waals surface area contributed by atoms with Crippen molar-refractivity contribution in [3.05, 3.63) is 78.4 Å². The summed E-state index contributed by atoms with van der Waals surface area (Å²) < 4.78 is 0. The number of allylic oxidation sites excluding steroid dienone is 2. The minimum absolute atomic E-state index is 0.685. The van der Waals surface area contributed by atoms with E-state index in [2.05, 4.69) is 92.8 Å². The van der Waals surface area contributed by atoms with Crippen molar-refractivity contribution < 1.29 is 0 Å². The molecular formula is C20H26Si. The highest BCUT2D eigenvalue weighted by atomic mass is 28.3. The number of hydrogen-bond acceptors (Lipinski definition) is 0. The van der Waals surface area contributed by atoms with Gasteiger partial charge in [0.1, 0.15) is 0 Å². The molecule has 0 fully saturated rings. The highest BCUT2D eigenvalue weighted by molar-refractivity contribution is 6.91. The molecule has 0 saturated heterocycles. The van der Waals surface area contributed by atoms with Crippen LogP contribution in [-0.2, 0) is 6.42 Å². The van der Waals surface area contributed by atoms with Crippen LogP contribution in [0.2, 0.25) is 18.6 Å². The number of benzene rings is 2. The topological polar surface area (TPSA) is 0 Å². The summed E-state index contributed by atoms with van der Waals surface area (Å²) >= 11 is 0. The van der Waals surface area contributed by atoms with E-state index in [1.165, 1.54) is 18.4 Å². The van der Waals surface area contributed by atoms with Gasteiger partial charge in [-0.25, -0.2) is 0 Å². The Balaban J connectivity index is 2.15. The van der Waals surface area contributed by atoms with Crippen LogP contribution in [0.1, 0.15) is 18.9 Å². The first-order chi connectivity index (χ1) is 10.1. The van der Waals surface area contributed by atoms with E-state index in [1.54, 1.807) is 5.19 Å². The molecule has 0 nitrogen and oxygen atoms in total. The van der Waals surface area contributed by atoms with Crippen molar-refractivity contribution in [2.45, 2.75) is 38.4 Å². The fourth-order valence-electron chi connectivity index (χ4n) is 2.98. The highest BCUT2D eigenvalue weighted by Gasteiger charge is 2.31. The molecule has 1 heteroatoms. The van der Waals surface area contributed by atoms with Gasteiger partial charge in [0.05, 0.1) is 8.07 Å². The maximum Gasteiger partial charge on any atom is 0.0873 e. The lowest BCUT2D eigenvalue weighted by Gasteiger charge is -2.31. The van der Waals surface area contributed by atoms with Crippen LogP contribution in [0.25, 0.3) is 0 Å². The molecule has 0 N–H and O–H groups in total. The Kier molecular flexibility index (Phi) is 5.57. The third kappa shape index (κ3) is 4.18. The Morgan fingerprint density at radius 3 is 2.05 bits per heavy atom. The summed E-state index contributed by atoms with van der Waals surface area (Å²) in [6.45, 7) is 7.14. The Morgan fingerprint density at radius 2 is 1.48 bits per heavy atom. The van der Waals surface area contributed by atoms with Gasteiger partial charge in [0.25, 0.3) is 0 Å². The fraction of sp³-hybridized carbons (Fsp3) is 0.300. The van der Waals surface area contributed by atoms with E-state index in [0.29, 0.717) is 5.54 Å². The molecule has 0 bridgehead atoms. The Bertz CT molecular complexity index is 555. The van der Waals surface area contributed by atoms with E-state index < -0.39 is 8.07 Å². The van der Waals surface area contributed by atoms with Crippen LogP contribution >= 0.6 is 0 Å². The molecule has 0 aliphatic heterocycles. The maximum absolute atomic E-state index is 2.50. The zero-order valence-electron chi connectivity index (χ0n) is 13.4. The summed E-state index contributed by atoms with van der Waals surface area (Å²) in [4.78, 5) is 0. The smallest absolute Gasteiger partial charge is 0.0873 e. The minimum Gasteiger partial charge on any atom is -0.0917 e. The van der Waals surface area contributed by atoms with Gasteiger partial charge in [-0.1, -0.05) is 91.1 Å². The fourth-order valence-corrected chi connectivity index (χ4v) is 6.00. The van der Waals surface area contributed by atoms with Crippen molar-refractivity contribution in [3.8, 4) is 0 Å². The lowest BCUT2D eigenvalue weighted by Crippen LogP contribution is -2.45. The monoisotopic (exact) mass is 294 g/mol. The number of rotatable bonds is 6. The Hall–Kier alpha value is -1.60. The van der Waals surface area contributed by atoms with Crippen LogP contribution in [0.3, 0.4) is 0 Å². The van der Waals surface area contributed by atoms with Crippen LogP contribution in [0.15, 0.2) is 72.8 Å². The predicted molar refractivity (Wildman–Crippen MR) is 96.9 cm³/mol. The van der Waals surface area contributed by atoms with Crippen molar-refractivity contribution in [2.24, 2.45) is 0 Å². The molecule has 2 aromatic carbocycles. The molecule has 0 aliphatic carbocycles. The maximum atomic E-state index is 2.50. The summed E-state index contributed by atoms with van der Waals surface area (Å²) in [5, 5.41) is 1.56. The normalized spacial score (nSPS) is 13.5. The van der Waals surface area contributed by atoms with Gasteiger partial charge in [-0.2, -0.15) is 0 Å². The highest BCUT2D eigenvalue weighted by Crippen LogP contribution is 2.28. The van der Waals surface area contributed by atoms with Crippen LogP contribution in [-0.4, -0.2) is 8.07 Å². The van der Waals surface area contributed by atoms with Crippen LogP contribution in [0.4, 0.5) is 0 Å². The van der Waals surface area contributed by atoms with Crippen molar-refractivity contribution in [1.82, 2.24) is 0 Å². The minimum atomic E-state index is -1.47. The third-order valence-corrected chi connectivity index (χ3v) is 8.61. The molecule has 0 aromatic heterocycles. The number of hydrogen-bond donors (Lipinski definition) is 0. The van der Waals surface area contributed by atoms with E-state index in [0.717, 1.165) is 0 Å². The van der Waals surface area contributed by atoms with Gasteiger partial charge in [-0.3, -0.25) is 0 Å². The Labute approximate surface area is 130 Å². The molecule has 0 unspecified atom stereocenters. The van der Waals surface area contributed by atoms with Crippen LogP contribution < -0.4 is 5.19 Å². The van der Waals surface area contributed by atoms with E-state index in [9.17, 15) is 0 Å². The van der Waals surface area contributed by atoms with Gasteiger partial charge in [0.2, 0.25) is 0 Å². The lowest BCUT2D eigenvalue weighted by molar-refractivity contribution is 0.818. The quantitative estimate of drug-likeness (QED) is 0.508. The third-order valence-electron chi connectivity index (χ3n) is 4.46. The number of aryl methyl sites for hydroxylation is 1. The molecule has 0 saturated carbocycles. The first-order valence-electron chi connectivity index (χ1n) is 7.87. The van der Waals surface area contributed by atoms with Crippen molar-refractivity contribution in [1.29, 1.82) is 0 Å². The molecule has 1 atom stereocenters. The molecule has 2 rings (SSSR count). The SMILES string of the molecule is C/C=C\[C@H](CCc1ccccc1)[Si](C)(C)c1ccccc1. The first kappa shape index (κ1) is 15.8. The molecule has 2 aromatic rings. The van der Waals surface area contributed by atoms with E-state index >= 15 is 0 Å². The standard InChI is InChI=1S/C20H26Si/c1-4-11-19(17-16-18-12-7-5-8-13-18)21(2,3)20-14-9-6-10-15-20/h4-15,19H,16-17H2,1-3H3/b11-4-/t19-/m1/s1. The molecule has 0 aliphatic rings. The summed E-state index contributed by atoms with van der Waals surface area (Å²) in [6, 6.07) is 21.9. The van der Waals surface area contributed by atoms with Gasteiger partial charge in [-0.15, -0.1) is 0 Å². The summed E-state index contributed by atoms with van der Waals surface area (Å²) in [7, 11) is -1.47. The molecular weight excluding hydrogens is 268 g/mol. The molecule has 0 radical (unpaired) electrons. The molecule has 0 amide bonds. The van der Waals surface area contributed by atoms with Crippen LogP contribution in [0.5, 0.6) is 0 Å².